The van der Waals surface area contributed by atoms with Gasteiger partial charge >= 0.3 is 0 Å². The first-order chi connectivity index (χ1) is 18.3. The minimum absolute atomic E-state index is 0.0308. The summed E-state index contributed by atoms with van der Waals surface area (Å²) in [6, 6.07) is -5.13. The number of carbonyl (C=O) groups is 6. The Bertz CT molecular complexity index is 962. The first-order valence-corrected chi connectivity index (χ1v) is 13.0. The van der Waals surface area contributed by atoms with Gasteiger partial charge in [-0.1, -0.05) is 33.8 Å². The van der Waals surface area contributed by atoms with Crippen molar-refractivity contribution in [3.8, 4) is 0 Å². The second-order valence-corrected chi connectivity index (χ2v) is 10.3. The van der Waals surface area contributed by atoms with E-state index in [4.69, 9.17) is 0 Å². The highest BCUT2D eigenvalue weighted by molar-refractivity contribution is 5.95. The van der Waals surface area contributed by atoms with E-state index in [1.807, 2.05) is 19.9 Å². The molecule has 1 aliphatic heterocycles. The van der Waals surface area contributed by atoms with Gasteiger partial charge in [0.15, 0.2) is 0 Å². The largest absolute Gasteiger partial charge is 0.394 e. The summed E-state index contributed by atoms with van der Waals surface area (Å²) in [5, 5.41) is 21.9. The second kappa shape index (κ2) is 16.4. The highest BCUT2D eigenvalue weighted by Gasteiger charge is 2.32. The molecule has 0 aromatic heterocycles. The minimum Gasteiger partial charge on any atom is -0.394 e. The predicted octanol–water partition coefficient (Wildman–Crippen LogP) is -0.908. The van der Waals surface area contributed by atoms with Gasteiger partial charge in [-0.15, -0.1) is 0 Å². The van der Waals surface area contributed by atoms with Crippen molar-refractivity contribution in [2.45, 2.75) is 91.0 Å². The average Bonchev–Trinajstić information content (AvgIpc) is 3.36. The lowest BCUT2D eigenvalue weighted by Gasteiger charge is -2.28. The fourth-order valence-corrected chi connectivity index (χ4v) is 3.79. The maximum atomic E-state index is 13.2. The zero-order valence-electron chi connectivity index (χ0n) is 23.4. The van der Waals surface area contributed by atoms with E-state index in [2.05, 4.69) is 31.6 Å². The van der Waals surface area contributed by atoms with E-state index in [-0.39, 0.29) is 18.3 Å². The van der Waals surface area contributed by atoms with Gasteiger partial charge in [-0.25, -0.2) is 0 Å². The molecule has 0 unspecified atom stereocenters. The fourth-order valence-electron chi connectivity index (χ4n) is 3.79. The lowest BCUT2D eigenvalue weighted by Crippen LogP contribution is -2.59. The molecule has 6 N–H and O–H groups in total. The Morgan fingerprint density at radius 3 is 2.03 bits per heavy atom. The molecule has 0 fully saturated rings. The number of allylic oxidation sites excluding steroid dienone is 1. The van der Waals surface area contributed by atoms with Crippen LogP contribution in [0.5, 0.6) is 0 Å². The quantitative estimate of drug-likeness (QED) is 0.134. The van der Waals surface area contributed by atoms with Crippen molar-refractivity contribution >= 4 is 42.0 Å². The summed E-state index contributed by atoms with van der Waals surface area (Å²) >= 11 is 0. The van der Waals surface area contributed by atoms with E-state index >= 15 is 0 Å². The third-order valence-corrected chi connectivity index (χ3v) is 5.85. The van der Waals surface area contributed by atoms with E-state index in [0.717, 1.165) is 0 Å². The number of rotatable bonds is 16. The highest BCUT2D eigenvalue weighted by atomic mass is 16.3. The number of nitrogens with one attached hydrogen (secondary N) is 5. The molecule has 5 atom stereocenters. The summed E-state index contributed by atoms with van der Waals surface area (Å²) < 4.78 is 0. The molecule has 0 saturated heterocycles. The van der Waals surface area contributed by atoms with Crippen LogP contribution in [0.3, 0.4) is 0 Å². The highest BCUT2D eigenvalue weighted by Crippen LogP contribution is 2.13. The zero-order valence-corrected chi connectivity index (χ0v) is 23.4. The molecule has 0 saturated carbocycles. The van der Waals surface area contributed by atoms with Crippen molar-refractivity contribution in [3.05, 3.63) is 11.8 Å². The van der Waals surface area contributed by atoms with E-state index in [9.17, 15) is 33.9 Å². The number of aliphatic imine (C=N–C) groups is 1. The number of hydrogen-bond acceptors (Lipinski definition) is 8. The Morgan fingerprint density at radius 1 is 0.897 bits per heavy atom. The molecule has 1 rings (SSSR count). The van der Waals surface area contributed by atoms with E-state index in [0.29, 0.717) is 24.8 Å². The van der Waals surface area contributed by atoms with Crippen molar-refractivity contribution in [3.63, 3.8) is 0 Å². The average molecular weight is 551 g/mol. The molecule has 0 bridgehead atoms. The van der Waals surface area contributed by atoms with Gasteiger partial charge in [0.05, 0.1) is 12.6 Å². The van der Waals surface area contributed by atoms with Crippen LogP contribution < -0.4 is 26.6 Å². The number of nitrogens with zero attached hydrogens (tertiary/aromatic N) is 1. The van der Waals surface area contributed by atoms with Gasteiger partial charge in [0, 0.05) is 31.7 Å². The van der Waals surface area contributed by atoms with Crippen LogP contribution in [0.1, 0.15) is 60.8 Å². The summed E-state index contributed by atoms with van der Waals surface area (Å²) in [7, 11) is 0. The molecule has 0 aliphatic carbocycles. The number of carbonyl (C=O) groups excluding carboxylic acids is 6. The van der Waals surface area contributed by atoms with Gasteiger partial charge in [0.1, 0.15) is 30.5 Å². The molecule has 13 nitrogen and oxygen atoms in total. The number of aldehydes is 1. The van der Waals surface area contributed by atoms with Gasteiger partial charge in [-0.05, 0) is 25.2 Å². The summed E-state index contributed by atoms with van der Waals surface area (Å²) in [5.41, 5.74) is 0.697. The molecular formula is C26H42N6O7. The first kappa shape index (κ1) is 33.4. The predicted molar refractivity (Wildman–Crippen MR) is 144 cm³/mol. The van der Waals surface area contributed by atoms with Crippen LogP contribution in [-0.4, -0.2) is 84.0 Å². The van der Waals surface area contributed by atoms with Crippen LogP contribution in [0.4, 0.5) is 0 Å². The molecule has 1 heterocycles. The topological polar surface area (TPSA) is 195 Å². The molecular weight excluding hydrogens is 508 g/mol. The lowest BCUT2D eigenvalue weighted by atomic mass is 9.99. The van der Waals surface area contributed by atoms with Gasteiger partial charge in [-0.2, -0.15) is 0 Å². The maximum Gasteiger partial charge on any atom is 0.245 e. The van der Waals surface area contributed by atoms with Crippen molar-refractivity contribution < 1.29 is 33.9 Å². The van der Waals surface area contributed by atoms with Crippen LogP contribution >= 0.6 is 0 Å². The Labute approximate surface area is 229 Å². The summed E-state index contributed by atoms with van der Waals surface area (Å²) in [6.07, 6.45) is 5.40. The summed E-state index contributed by atoms with van der Waals surface area (Å²) in [6.45, 7) is 9.10. The van der Waals surface area contributed by atoms with E-state index in [1.165, 1.54) is 13.8 Å². The summed E-state index contributed by atoms with van der Waals surface area (Å²) in [4.78, 5) is 78.3. The standard InChI is InChI=1S/C26H42N6O7/c1-14(2)10-20(24(37)30-19(12-33)11-18-8-7-9-27-18)31-26(39)22(15(3)4)32-23(36)16(5)28-25(38)21(13-34)29-17(6)35/h8-9,12,14-16,19-22,34H,7,10-11,13H2,1-6H3,(H,28,38)(H,29,35)(H,30,37)(H,31,39)(H,32,36)/t16-,19-,20-,21-,22-/m0/s1. The molecule has 39 heavy (non-hydrogen) atoms. The number of aliphatic hydroxyl groups is 1. The molecule has 0 spiro atoms. The smallest absolute Gasteiger partial charge is 0.245 e. The van der Waals surface area contributed by atoms with Crippen molar-refractivity contribution in [1.29, 1.82) is 0 Å². The Balaban J connectivity index is 2.88. The van der Waals surface area contributed by atoms with Crippen molar-refractivity contribution in [1.82, 2.24) is 26.6 Å². The van der Waals surface area contributed by atoms with E-state index in [1.54, 1.807) is 20.1 Å². The molecule has 5 amide bonds. The van der Waals surface area contributed by atoms with Crippen LogP contribution in [0.25, 0.3) is 0 Å². The SMILES string of the molecule is CC(=O)N[C@@H](CO)C(=O)N[C@@H](C)C(=O)N[C@H](C(=O)N[C@@H](CC(C)C)C(=O)N[C@H](C=O)CC1=CCC=N1)C(C)C. The normalized spacial score (nSPS) is 16.4. The Morgan fingerprint density at radius 2 is 1.54 bits per heavy atom. The van der Waals surface area contributed by atoms with Gasteiger partial charge in [-0.3, -0.25) is 29.0 Å². The number of aliphatic hydroxyl groups excluding tert-OH is 1. The van der Waals surface area contributed by atoms with Gasteiger partial charge < -0.3 is 36.5 Å². The van der Waals surface area contributed by atoms with Gasteiger partial charge in [0.25, 0.3) is 0 Å². The summed E-state index contributed by atoms with van der Waals surface area (Å²) in [5.74, 6) is -3.44. The van der Waals surface area contributed by atoms with E-state index < -0.39 is 66.4 Å². The third kappa shape index (κ3) is 11.8. The Hall–Kier alpha value is -3.61. The molecule has 13 heteroatoms. The lowest BCUT2D eigenvalue weighted by molar-refractivity contribution is -0.135. The zero-order chi connectivity index (χ0) is 29.7. The number of hydrogen-bond donors (Lipinski definition) is 6. The van der Waals surface area contributed by atoms with Crippen molar-refractivity contribution in [2.24, 2.45) is 16.8 Å². The van der Waals surface area contributed by atoms with Crippen molar-refractivity contribution in [2.75, 3.05) is 6.61 Å². The molecule has 0 radical (unpaired) electrons. The van der Waals surface area contributed by atoms with Crippen LogP contribution in [0.15, 0.2) is 16.8 Å². The fraction of sp³-hybridized carbons (Fsp3) is 0.654. The van der Waals surface area contributed by atoms with Crippen LogP contribution in [0, 0.1) is 11.8 Å². The van der Waals surface area contributed by atoms with Crippen LogP contribution in [0.2, 0.25) is 0 Å². The minimum atomic E-state index is -1.23. The Kier molecular flexibility index (Phi) is 14.0. The van der Waals surface area contributed by atoms with Gasteiger partial charge in [0.2, 0.25) is 29.5 Å². The maximum absolute atomic E-state index is 13.2. The first-order valence-electron chi connectivity index (χ1n) is 13.0. The monoisotopic (exact) mass is 550 g/mol. The molecule has 0 aromatic carbocycles. The molecule has 0 aromatic rings. The third-order valence-electron chi connectivity index (χ3n) is 5.85. The second-order valence-electron chi connectivity index (χ2n) is 10.3. The van der Waals surface area contributed by atoms with Crippen LogP contribution in [-0.2, 0) is 28.8 Å². The molecule has 1 aliphatic rings. The number of amides is 5. The molecule has 218 valence electrons.